The van der Waals surface area contributed by atoms with Crippen LogP contribution in [0.4, 0.5) is 15.8 Å². The van der Waals surface area contributed by atoms with Crippen LogP contribution in [0.2, 0.25) is 0 Å². The van der Waals surface area contributed by atoms with Gasteiger partial charge in [0.1, 0.15) is 11.6 Å². The largest absolute Gasteiger partial charge is 0.481 e. The number of aryl methyl sites for hydroxylation is 1. The summed E-state index contributed by atoms with van der Waals surface area (Å²) in [6, 6.07) is 11.3. The summed E-state index contributed by atoms with van der Waals surface area (Å²) in [6.45, 7) is 3.56. The zero-order chi connectivity index (χ0) is 15.4. The summed E-state index contributed by atoms with van der Waals surface area (Å²) in [5.41, 5.74) is 7.08. The minimum Gasteiger partial charge on any atom is -0.481 e. The number of nitrogen functional groups attached to an aromatic ring is 1. The summed E-state index contributed by atoms with van der Waals surface area (Å²) < 4.78 is 19.1. The molecule has 2 aromatic rings. The first-order chi connectivity index (χ1) is 9.95. The summed E-state index contributed by atoms with van der Waals surface area (Å²) >= 11 is 0. The molecule has 0 unspecified atom stereocenters. The van der Waals surface area contributed by atoms with E-state index in [2.05, 4.69) is 5.32 Å². The highest BCUT2D eigenvalue weighted by Crippen LogP contribution is 2.19. The molecule has 0 aliphatic heterocycles. The Balaban J connectivity index is 2.02. The molecule has 0 aliphatic carbocycles. The molecule has 0 bridgehead atoms. The maximum Gasteiger partial charge on any atom is 0.265 e. The number of rotatable bonds is 4. The summed E-state index contributed by atoms with van der Waals surface area (Å²) in [5.74, 6) is -0.406. The van der Waals surface area contributed by atoms with E-state index >= 15 is 0 Å². The molecule has 0 fully saturated rings. The molecule has 110 valence electrons. The highest BCUT2D eigenvalue weighted by molar-refractivity contribution is 5.94. The van der Waals surface area contributed by atoms with Crippen molar-refractivity contribution < 1.29 is 13.9 Å². The van der Waals surface area contributed by atoms with Crippen LogP contribution < -0.4 is 15.8 Å². The Labute approximate surface area is 122 Å². The van der Waals surface area contributed by atoms with Gasteiger partial charge in [-0.3, -0.25) is 4.79 Å². The number of benzene rings is 2. The van der Waals surface area contributed by atoms with E-state index in [1.54, 1.807) is 19.1 Å². The second-order valence-corrected chi connectivity index (χ2v) is 4.80. The lowest BCUT2D eigenvalue weighted by atomic mass is 10.2. The molecule has 1 atom stereocenters. The fourth-order valence-corrected chi connectivity index (χ4v) is 1.75. The topological polar surface area (TPSA) is 64.3 Å². The van der Waals surface area contributed by atoms with Crippen LogP contribution in [0.1, 0.15) is 12.5 Å². The Hall–Kier alpha value is -2.56. The van der Waals surface area contributed by atoms with Gasteiger partial charge in [-0.25, -0.2) is 4.39 Å². The number of amides is 1. The molecule has 4 nitrogen and oxygen atoms in total. The highest BCUT2D eigenvalue weighted by atomic mass is 19.1. The Bertz CT molecular complexity index is 641. The van der Waals surface area contributed by atoms with E-state index in [1.165, 1.54) is 18.2 Å². The lowest BCUT2D eigenvalue weighted by molar-refractivity contribution is -0.122. The quantitative estimate of drug-likeness (QED) is 0.850. The van der Waals surface area contributed by atoms with E-state index < -0.39 is 17.8 Å². The van der Waals surface area contributed by atoms with Gasteiger partial charge in [0.15, 0.2) is 6.10 Å². The Morgan fingerprint density at radius 1 is 1.24 bits per heavy atom. The summed E-state index contributed by atoms with van der Waals surface area (Å²) in [6.07, 6.45) is -0.756. The van der Waals surface area contributed by atoms with E-state index in [9.17, 15) is 9.18 Å². The molecule has 21 heavy (non-hydrogen) atoms. The lowest BCUT2D eigenvalue weighted by Crippen LogP contribution is -2.30. The van der Waals surface area contributed by atoms with Crippen molar-refractivity contribution in [2.75, 3.05) is 11.1 Å². The van der Waals surface area contributed by atoms with Crippen LogP contribution in [0, 0.1) is 12.7 Å². The van der Waals surface area contributed by atoms with Crippen LogP contribution in [-0.4, -0.2) is 12.0 Å². The van der Waals surface area contributed by atoms with E-state index in [4.69, 9.17) is 10.5 Å². The zero-order valence-electron chi connectivity index (χ0n) is 11.9. The lowest BCUT2D eigenvalue weighted by Gasteiger charge is -2.15. The molecule has 0 spiro atoms. The second kappa shape index (κ2) is 6.26. The third-order valence-electron chi connectivity index (χ3n) is 2.95. The maximum atomic E-state index is 13.6. The third-order valence-corrected chi connectivity index (χ3v) is 2.95. The number of carbonyl (C=O) groups is 1. The van der Waals surface area contributed by atoms with Crippen LogP contribution in [0.15, 0.2) is 42.5 Å². The predicted octanol–water partition coefficient (Wildman–Crippen LogP) is 3.12. The molecule has 0 aliphatic rings. The minimum atomic E-state index is -0.756. The molecular formula is C16H17FN2O2. The standard InChI is InChI=1S/C16H17FN2O2/c1-10-3-6-13(7-4-10)21-11(2)16(20)19-15-9-12(18)5-8-14(15)17/h3-9,11H,18H2,1-2H3,(H,19,20)/t11-/m0/s1. The summed E-state index contributed by atoms with van der Waals surface area (Å²) in [7, 11) is 0. The second-order valence-electron chi connectivity index (χ2n) is 4.80. The van der Waals surface area contributed by atoms with E-state index in [1.807, 2.05) is 19.1 Å². The van der Waals surface area contributed by atoms with Gasteiger partial charge in [0.25, 0.3) is 5.91 Å². The number of halogens is 1. The molecule has 0 saturated heterocycles. The maximum absolute atomic E-state index is 13.6. The highest BCUT2D eigenvalue weighted by Gasteiger charge is 2.16. The van der Waals surface area contributed by atoms with E-state index in [-0.39, 0.29) is 5.69 Å². The van der Waals surface area contributed by atoms with Gasteiger partial charge in [-0.1, -0.05) is 17.7 Å². The van der Waals surface area contributed by atoms with Crippen molar-refractivity contribution in [3.05, 3.63) is 53.8 Å². The van der Waals surface area contributed by atoms with Crippen molar-refractivity contribution >= 4 is 17.3 Å². The van der Waals surface area contributed by atoms with Gasteiger partial charge in [-0.2, -0.15) is 0 Å². The number of hydrogen-bond acceptors (Lipinski definition) is 3. The molecule has 2 rings (SSSR count). The SMILES string of the molecule is Cc1ccc(O[C@@H](C)C(=O)Nc2cc(N)ccc2F)cc1. The van der Waals surface area contributed by atoms with Gasteiger partial charge < -0.3 is 15.8 Å². The average molecular weight is 288 g/mol. The number of ether oxygens (including phenoxy) is 1. The Morgan fingerprint density at radius 3 is 2.57 bits per heavy atom. The average Bonchev–Trinajstić information content (AvgIpc) is 2.45. The van der Waals surface area contributed by atoms with Gasteiger partial charge in [0.2, 0.25) is 0 Å². The van der Waals surface area contributed by atoms with Crippen molar-refractivity contribution in [2.24, 2.45) is 0 Å². The van der Waals surface area contributed by atoms with Gasteiger partial charge >= 0.3 is 0 Å². The number of anilines is 2. The fraction of sp³-hybridized carbons (Fsp3) is 0.188. The van der Waals surface area contributed by atoms with Crippen molar-refractivity contribution in [1.29, 1.82) is 0 Å². The smallest absolute Gasteiger partial charge is 0.265 e. The molecule has 5 heteroatoms. The van der Waals surface area contributed by atoms with E-state index in [0.717, 1.165) is 5.56 Å². The van der Waals surface area contributed by atoms with Crippen LogP contribution in [-0.2, 0) is 4.79 Å². The van der Waals surface area contributed by atoms with Crippen LogP contribution >= 0.6 is 0 Å². The first kappa shape index (κ1) is 14.8. The normalized spacial score (nSPS) is 11.8. The molecule has 3 N–H and O–H groups in total. The number of hydrogen-bond donors (Lipinski definition) is 2. The van der Waals surface area contributed by atoms with Crippen LogP contribution in [0.3, 0.4) is 0 Å². The summed E-state index contributed by atoms with van der Waals surface area (Å²) in [5, 5.41) is 2.46. The minimum absolute atomic E-state index is 0.0411. The monoisotopic (exact) mass is 288 g/mol. The molecule has 0 aromatic heterocycles. The van der Waals surface area contributed by atoms with Crippen LogP contribution in [0.5, 0.6) is 5.75 Å². The molecule has 0 heterocycles. The molecule has 0 radical (unpaired) electrons. The number of nitrogens with one attached hydrogen (secondary N) is 1. The molecular weight excluding hydrogens is 271 g/mol. The van der Waals surface area contributed by atoms with Gasteiger partial charge in [0.05, 0.1) is 5.69 Å². The van der Waals surface area contributed by atoms with Gasteiger partial charge in [0, 0.05) is 5.69 Å². The first-order valence-corrected chi connectivity index (χ1v) is 6.55. The predicted molar refractivity (Wildman–Crippen MR) is 80.7 cm³/mol. The third kappa shape index (κ3) is 3.95. The zero-order valence-corrected chi connectivity index (χ0v) is 11.9. The van der Waals surface area contributed by atoms with Crippen molar-refractivity contribution in [2.45, 2.75) is 20.0 Å². The van der Waals surface area contributed by atoms with Gasteiger partial charge in [-0.15, -0.1) is 0 Å². The van der Waals surface area contributed by atoms with Gasteiger partial charge in [-0.05, 0) is 44.2 Å². The molecule has 2 aromatic carbocycles. The Kier molecular flexibility index (Phi) is 4.42. The first-order valence-electron chi connectivity index (χ1n) is 6.55. The fourth-order valence-electron chi connectivity index (χ4n) is 1.75. The molecule has 1 amide bonds. The van der Waals surface area contributed by atoms with Crippen LogP contribution in [0.25, 0.3) is 0 Å². The van der Waals surface area contributed by atoms with E-state index in [0.29, 0.717) is 11.4 Å². The van der Waals surface area contributed by atoms with Crippen molar-refractivity contribution in [1.82, 2.24) is 0 Å². The van der Waals surface area contributed by atoms with Crippen molar-refractivity contribution in [3.63, 3.8) is 0 Å². The number of nitrogens with two attached hydrogens (primary N) is 1. The Morgan fingerprint density at radius 2 is 1.90 bits per heavy atom. The summed E-state index contributed by atoms with van der Waals surface area (Å²) in [4.78, 5) is 12.0. The van der Waals surface area contributed by atoms with Crippen molar-refractivity contribution in [3.8, 4) is 5.75 Å². The number of carbonyl (C=O) groups excluding carboxylic acids is 1. The molecule has 0 saturated carbocycles.